The number of nitrogens with one attached hydrogen (secondary N) is 3. The van der Waals surface area contributed by atoms with Crippen LogP contribution in [-0.4, -0.2) is 31.5 Å². The Hall–Kier alpha value is -0.610. The van der Waals surface area contributed by atoms with Gasteiger partial charge in [0.15, 0.2) is 0 Å². The molecule has 0 saturated carbocycles. The molecule has 0 aliphatic carbocycles. The zero-order valence-electron chi connectivity index (χ0n) is 29.7. The Morgan fingerprint density at radius 1 is 0.429 bits per heavy atom. The molecule has 0 spiro atoms. The Bertz CT molecular complexity index is 519. The molecule has 0 radical (unpaired) electrons. The van der Waals surface area contributed by atoms with Gasteiger partial charge in [0, 0.05) is 25.6 Å². The molecule has 0 atom stereocenters. The largest absolute Gasteiger partial charge is 0.316 e. The molecule has 0 aromatic carbocycles. The van der Waals surface area contributed by atoms with E-state index in [0.29, 0.717) is 6.04 Å². The second-order valence-corrected chi connectivity index (χ2v) is 13.4. The second-order valence-electron chi connectivity index (χ2n) is 13.4. The van der Waals surface area contributed by atoms with Crippen molar-refractivity contribution in [1.82, 2.24) is 16.2 Å². The average molecular weight is 593 g/mol. The van der Waals surface area contributed by atoms with E-state index in [1.807, 2.05) is 0 Å². The number of nitrogens with zero attached hydrogens (tertiary/aromatic N) is 1. The minimum atomic E-state index is 0.334. The Labute approximate surface area is 266 Å². The fourth-order valence-electron chi connectivity index (χ4n) is 5.82. The topological polar surface area (TPSA) is 48.5 Å². The van der Waals surface area contributed by atoms with Gasteiger partial charge in [-0.15, -0.1) is 0 Å². The molecule has 0 heterocycles. The molecular weight excluding hydrogens is 512 g/mol. The average Bonchev–Trinajstić information content (AvgIpc) is 2.98. The van der Waals surface area contributed by atoms with E-state index in [2.05, 4.69) is 43.9 Å². The summed E-state index contributed by atoms with van der Waals surface area (Å²) < 4.78 is 0. The Morgan fingerprint density at radius 2 is 0.762 bits per heavy atom. The number of unbranched alkanes of at least 4 members (excludes halogenated alkanes) is 26. The third-order valence-corrected chi connectivity index (χ3v) is 8.55. The minimum absolute atomic E-state index is 0.334. The van der Waals surface area contributed by atoms with E-state index >= 15 is 0 Å². The van der Waals surface area contributed by atoms with Crippen LogP contribution in [0.25, 0.3) is 0 Å². The third-order valence-electron chi connectivity index (χ3n) is 8.55. The molecular formula is C38H80N4. The van der Waals surface area contributed by atoms with Crippen molar-refractivity contribution in [2.45, 2.75) is 220 Å². The van der Waals surface area contributed by atoms with Gasteiger partial charge in [0.05, 0.1) is 0 Å². The molecule has 0 bridgehead atoms. The maximum absolute atomic E-state index is 4.80. The highest BCUT2D eigenvalue weighted by atomic mass is 15.4. The number of hydrazine groups is 1. The zero-order valence-corrected chi connectivity index (χ0v) is 29.7. The summed E-state index contributed by atoms with van der Waals surface area (Å²) >= 11 is 0. The summed E-state index contributed by atoms with van der Waals surface area (Å²) in [5.74, 6) is 1.10. The van der Waals surface area contributed by atoms with Crippen molar-refractivity contribution >= 4 is 5.84 Å². The minimum Gasteiger partial charge on any atom is -0.316 e. The van der Waals surface area contributed by atoms with Crippen LogP contribution in [0.15, 0.2) is 4.99 Å². The van der Waals surface area contributed by atoms with E-state index < -0.39 is 0 Å². The van der Waals surface area contributed by atoms with E-state index in [4.69, 9.17) is 4.99 Å². The van der Waals surface area contributed by atoms with Crippen LogP contribution in [0.5, 0.6) is 0 Å². The maximum atomic E-state index is 4.80. The van der Waals surface area contributed by atoms with Gasteiger partial charge in [-0.05, 0) is 33.2 Å². The predicted molar refractivity (Wildman–Crippen MR) is 192 cm³/mol. The van der Waals surface area contributed by atoms with E-state index in [1.165, 1.54) is 180 Å². The number of hydrogen-bond acceptors (Lipinski definition) is 3. The van der Waals surface area contributed by atoms with Gasteiger partial charge < -0.3 is 10.7 Å². The summed E-state index contributed by atoms with van der Waals surface area (Å²) in [6, 6.07) is 0.334. The molecule has 42 heavy (non-hydrogen) atoms. The normalized spacial score (nSPS) is 12.1. The quantitative estimate of drug-likeness (QED) is 0.0297. The lowest BCUT2D eigenvalue weighted by Crippen LogP contribution is -2.40. The van der Waals surface area contributed by atoms with Crippen LogP contribution in [0.4, 0.5) is 0 Å². The summed E-state index contributed by atoms with van der Waals surface area (Å²) in [5, 5.41) is 3.64. The first-order valence-electron chi connectivity index (χ1n) is 19.5. The van der Waals surface area contributed by atoms with Gasteiger partial charge in [-0.25, -0.2) is 5.43 Å². The molecule has 0 unspecified atom stereocenters. The fraction of sp³-hybridized carbons (Fsp3) is 0.974. The number of aliphatic imine (C=N–C) groups is 1. The summed E-state index contributed by atoms with van der Waals surface area (Å²) in [4.78, 5) is 4.80. The van der Waals surface area contributed by atoms with Gasteiger partial charge in [-0.3, -0.25) is 4.99 Å². The van der Waals surface area contributed by atoms with Crippen LogP contribution in [0.3, 0.4) is 0 Å². The lowest BCUT2D eigenvalue weighted by atomic mass is 10.0. The zero-order chi connectivity index (χ0) is 30.6. The first-order valence-corrected chi connectivity index (χ1v) is 19.5. The summed E-state index contributed by atoms with van der Waals surface area (Å²) in [7, 11) is 0. The standard InChI is InChI=1S/C38H80N4/c1-5-7-9-11-13-15-17-19-21-23-25-27-29-31-34-39-36-33-38(41-37(3)4)42-40-35-32-30-28-26-24-22-20-18-16-14-12-10-8-6-2/h37,39-40H,5-36H2,1-4H3,(H,41,42). The molecule has 0 aliphatic heterocycles. The Kier molecular flexibility index (Phi) is 36.0. The van der Waals surface area contributed by atoms with Gasteiger partial charge in [0.1, 0.15) is 5.84 Å². The van der Waals surface area contributed by atoms with Crippen molar-refractivity contribution in [3.63, 3.8) is 0 Å². The van der Waals surface area contributed by atoms with Crippen LogP contribution in [0, 0.1) is 0 Å². The lowest BCUT2D eigenvalue weighted by molar-refractivity contribution is 0.524. The van der Waals surface area contributed by atoms with Gasteiger partial charge >= 0.3 is 0 Å². The number of hydrogen-bond donors (Lipinski definition) is 3. The summed E-state index contributed by atoms with van der Waals surface area (Å²) in [6.07, 6.45) is 40.7. The molecule has 3 N–H and O–H groups in total. The molecule has 0 aromatic rings. The van der Waals surface area contributed by atoms with E-state index in [0.717, 1.165) is 31.9 Å². The van der Waals surface area contributed by atoms with Crippen molar-refractivity contribution in [2.75, 3.05) is 19.6 Å². The van der Waals surface area contributed by atoms with Crippen molar-refractivity contribution in [1.29, 1.82) is 0 Å². The van der Waals surface area contributed by atoms with Crippen molar-refractivity contribution in [3.05, 3.63) is 0 Å². The van der Waals surface area contributed by atoms with Crippen molar-refractivity contribution in [2.24, 2.45) is 4.99 Å². The number of rotatable bonds is 35. The van der Waals surface area contributed by atoms with Gasteiger partial charge in [0.25, 0.3) is 0 Å². The molecule has 0 fully saturated rings. The molecule has 0 aromatic heterocycles. The fourth-order valence-corrected chi connectivity index (χ4v) is 5.82. The second kappa shape index (κ2) is 36.6. The van der Waals surface area contributed by atoms with Crippen LogP contribution >= 0.6 is 0 Å². The monoisotopic (exact) mass is 593 g/mol. The van der Waals surface area contributed by atoms with E-state index in [9.17, 15) is 0 Å². The summed E-state index contributed by atoms with van der Waals surface area (Å²) in [5.41, 5.74) is 6.84. The molecule has 0 rings (SSSR count). The van der Waals surface area contributed by atoms with Crippen LogP contribution in [0.2, 0.25) is 0 Å². The van der Waals surface area contributed by atoms with E-state index in [1.54, 1.807) is 0 Å². The highest BCUT2D eigenvalue weighted by Crippen LogP contribution is 2.14. The molecule has 0 amide bonds. The molecule has 0 saturated heterocycles. The van der Waals surface area contributed by atoms with Crippen LogP contribution < -0.4 is 16.2 Å². The maximum Gasteiger partial charge on any atom is 0.112 e. The number of amidine groups is 1. The third kappa shape index (κ3) is 35.6. The highest BCUT2D eigenvalue weighted by molar-refractivity contribution is 5.82. The first-order chi connectivity index (χ1) is 20.7. The van der Waals surface area contributed by atoms with Gasteiger partial charge in [0.2, 0.25) is 0 Å². The lowest BCUT2D eigenvalue weighted by Gasteiger charge is -2.13. The first kappa shape index (κ1) is 41.4. The van der Waals surface area contributed by atoms with Crippen LogP contribution in [0.1, 0.15) is 214 Å². The van der Waals surface area contributed by atoms with E-state index in [-0.39, 0.29) is 0 Å². The Morgan fingerprint density at radius 3 is 1.12 bits per heavy atom. The predicted octanol–water partition coefficient (Wildman–Crippen LogP) is 11.8. The van der Waals surface area contributed by atoms with Crippen LogP contribution in [-0.2, 0) is 0 Å². The SMILES string of the molecule is CCCCCCCCCCCCCCCCNCCC(=NC(C)C)NNCCCCCCCCCCCCCCCC. The molecule has 4 heteroatoms. The van der Waals surface area contributed by atoms with Gasteiger partial charge in [-0.1, -0.05) is 181 Å². The van der Waals surface area contributed by atoms with Gasteiger partial charge in [-0.2, -0.15) is 0 Å². The highest BCUT2D eigenvalue weighted by Gasteiger charge is 2.01. The van der Waals surface area contributed by atoms with Crippen molar-refractivity contribution in [3.8, 4) is 0 Å². The molecule has 4 nitrogen and oxygen atoms in total. The summed E-state index contributed by atoms with van der Waals surface area (Å²) in [6.45, 7) is 12.1. The Balaban J connectivity index is 3.48. The van der Waals surface area contributed by atoms with Crippen molar-refractivity contribution < 1.29 is 0 Å². The smallest absolute Gasteiger partial charge is 0.112 e. The molecule has 0 aliphatic rings. The molecule has 252 valence electrons.